The molecule has 0 aromatic heterocycles. The first-order valence-electron chi connectivity index (χ1n) is 7.92. The highest BCUT2D eigenvalue weighted by Gasteiger charge is 2.05. The predicted octanol–water partition coefficient (Wildman–Crippen LogP) is 4.71. The van der Waals surface area contributed by atoms with Gasteiger partial charge >= 0.3 is 0 Å². The van der Waals surface area contributed by atoms with Gasteiger partial charge in [0.1, 0.15) is 0 Å². The van der Waals surface area contributed by atoms with Crippen LogP contribution in [0.3, 0.4) is 0 Å². The highest BCUT2D eigenvalue weighted by Crippen LogP contribution is 2.28. The van der Waals surface area contributed by atoms with Gasteiger partial charge in [-0.15, -0.1) is 0 Å². The Balaban J connectivity index is 0.000000219. The molecule has 0 bridgehead atoms. The fourth-order valence-electron chi connectivity index (χ4n) is 2.56. The molecule has 3 heteroatoms. The molecule has 124 valence electrons. The van der Waals surface area contributed by atoms with Crippen molar-refractivity contribution >= 4 is 17.1 Å². The van der Waals surface area contributed by atoms with E-state index in [1.54, 1.807) is 0 Å². The lowest BCUT2D eigenvalue weighted by molar-refractivity contribution is 1.41. The maximum Gasteiger partial charge on any atom is 0.0343 e. The molecule has 6 N–H and O–H groups in total. The summed E-state index contributed by atoms with van der Waals surface area (Å²) < 4.78 is 0. The Morgan fingerprint density at radius 2 is 1.00 bits per heavy atom. The predicted molar refractivity (Wildman–Crippen MR) is 106 cm³/mol. The summed E-state index contributed by atoms with van der Waals surface area (Å²) >= 11 is 0. The van der Waals surface area contributed by atoms with E-state index in [-0.39, 0.29) is 0 Å². The first-order chi connectivity index (χ1) is 11.4. The lowest BCUT2D eigenvalue weighted by Crippen LogP contribution is -1.92. The molecule has 0 amide bonds. The first-order valence-corrected chi connectivity index (χ1v) is 7.92. The molecule has 0 saturated carbocycles. The van der Waals surface area contributed by atoms with Crippen LogP contribution in [0.2, 0.25) is 0 Å². The summed E-state index contributed by atoms with van der Waals surface area (Å²) in [7, 11) is 0. The van der Waals surface area contributed by atoms with Gasteiger partial charge in [-0.3, -0.25) is 0 Å². The summed E-state index contributed by atoms with van der Waals surface area (Å²) in [5.74, 6) is 0. The Morgan fingerprint density at radius 1 is 0.542 bits per heavy atom. The van der Waals surface area contributed by atoms with Gasteiger partial charge in [-0.05, 0) is 78.9 Å². The smallest absolute Gasteiger partial charge is 0.0343 e. The van der Waals surface area contributed by atoms with E-state index in [1.807, 2.05) is 55.5 Å². The summed E-state index contributed by atoms with van der Waals surface area (Å²) in [4.78, 5) is 0. The molecule has 0 unspecified atom stereocenters. The van der Waals surface area contributed by atoms with Gasteiger partial charge in [-0.1, -0.05) is 30.3 Å². The molecular weight excluding hydrogens is 294 g/mol. The number of anilines is 3. The van der Waals surface area contributed by atoms with E-state index in [9.17, 15) is 0 Å². The Labute approximate surface area is 144 Å². The first kappa shape index (κ1) is 17.4. The molecule has 0 aliphatic carbocycles. The van der Waals surface area contributed by atoms with Crippen molar-refractivity contribution in [2.24, 2.45) is 0 Å². The van der Waals surface area contributed by atoms with Crippen molar-refractivity contribution in [2.45, 2.75) is 20.8 Å². The second-order valence-corrected chi connectivity index (χ2v) is 6.01. The minimum absolute atomic E-state index is 0.800. The van der Waals surface area contributed by atoms with Crippen LogP contribution >= 0.6 is 0 Å². The van der Waals surface area contributed by atoms with Crippen molar-refractivity contribution in [3.05, 3.63) is 77.4 Å². The maximum absolute atomic E-state index is 5.75. The van der Waals surface area contributed by atoms with Crippen LogP contribution in [0, 0.1) is 20.8 Å². The molecule has 0 radical (unpaired) electrons. The van der Waals surface area contributed by atoms with Crippen LogP contribution in [0.4, 0.5) is 17.1 Å². The van der Waals surface area contributed by atoms with Crippen LogP contribution in [0.5, 0.6) is 0 Å². The summed E-state index contributed by atoms with van der Waals surface area (Å²) in [5, 5.41) is 0. The monoisotopic (exact) mass is 319 g/mol. The van der Waals surface area contributed by atoms with Gasteiger partial charge in [0.2, 0.25) is 0 Å². The maximum atomic E-state index is 5.75. The van der Waals surface area contributed by atoms with Gasteiger partial charge in [0.15, 0.2) is 0 Å². The van der Waals surface area contributed by atoms with Crippen molar-refractivity contribution < 1.29 is 0 Å². The minimum atomic E-state index is 0.800. The number of para-hydroxylation sites is 1. The highest BCUT2D eigenvalue weighted by molar-refractivity contribution is 5.73. The third-order valence-electron chi connectivity index (χ3n) is 3.98. The molecule has 3 nitrogen and oxygen atoms in total. The van der Waals surface area contributed by atoms with Gasteiger partial charge in [0.05, 0.1) is 0 Å². The number of nitrogen functional groups attached to an aromatic ring is 3. The van der Waals surface area contributed by atoms with Gasteiger partial charge < -0.3 is 17.2 Å². The lowest BCUT2D eigenvalue weighted by atomic mass is 9.96. The molecular formula is C21H25N3. The summed E-state index contributed by atoms with van der Waals surface area (Å²) in [6.45, 7) is 6.14. The molecule has 0 atom stereocenters. The molecule has 0 aliphatic rings. The lowest BCUT2D eigenvalue weighted by Gasteiger charge is -2.10. The van der Waals surface area contributed by atoms with Crippen LogP contribution < -0.4 is 17.2 Å². The number of hydrogen-bond acceptors (Lipinski definition) is 3. The number of benzene rings is 3. The fraction of sp³-hybridized carbons (Fsp3) is 0.143. The van der Waals surface area contributed by atoms with Crippen molar-refractivity contribution in [3.63, 3.8) is 0 Å². The number of hydrogen-bond donors (Lipinski definition) is 3. The summed E-state index contributed by atoms with van der Waals surface area (Å²) in [6.07, 6.45) is 0. The van der Waals surface area contributed by atoms with E-state index in [0.29, 0.717) is 0 Å². The topological polar surface area (TPSA) is 78.1 Å². The zero-order chi connectivity index (χ0) is 17.7. The average molecular weight is 319 g/mol. The Hall–Kier alpha value is -2.94. The van der Waals surface area contributed by atoms with E-state index in [2.05, 4.69) is 26.0 Å². The number of rotatable bonds is 1. The fourth-order valence-corrected chi connectivity index (χ4v) is 2.56. The zero-order valence-corrected chi connectivity index (χ0v) is 14.5. The molecule has 0 aliphatic heterocycles. The van der Waals surface area contributed by atoms with E-state index in [4.69, 9.17) is 17.2 Å². The van der Waals surface area contributed by atoms with E-state index >= 15 is 0 Å². The molecule has 3 rings (SSSR count). The Kier molecular flexibility index (Phi) is 5.48. The molecule has 24 heavy (non-hydrogen) atoms. The van der Waals surface area contributed by atoms with E-state index < -0.39 is 0 Å². The van der Waals surface area contributed by atoms with Crippen LogP contribution in [0.15, 0.2) is 60.7 Å². The standard InChI is InChI=1S/C14H16N2.C7H9N/c1-9-7-11(15)3-5-13(9)14-6-4-12(16)8-10(14)2;1-6-4-2-3-5-7(6)8/h3-8H,15-16H2,1-2H3;2-5H,8H2,1H3. The van der Waals surface area contributed by atoms with Crippen molar-refractivity contribution in [3.8, 4) is 11.1 Å². The van der Waals surface area contributed by atoms with Crippen LogP contribution in [-0.2, 0) is 0 Å². The van der Waals surface area contributed by atoms with Gasteiger partial charge in [0, 0.05) is 17.1 Å². The number of aryl methyl sites for hydroxylation is 3. The van der Waals surface area contributed by atoms with Crippen LogP contribution in [-0.4, -0.2) is 0 Å². The van der Waals surface area contributed by atoms with Gasteiger partial charge in [0.25, 0.3) is 0 Å². The third kappa shape index (κ3) is 4.29. The van der Waals surface area contributed by atoms with Crippen LogP contribution in [0.25, 0.3) is 11.1 Å². The highest BCUT2D eigenvalue weighted by atomic mass is 14.6. The molecule has 0 spiro atoms. The minimum Gasteiger partial charge on any atom is -0.399 e. The van der Waals surface area contributed by atoms with Crippen molar-refractivity contribution in [1.29, 1.82) is 0 Å². The summed E-state index contributed by atoms with van der Waals surface area (Å²) in [6, 6.07) is 19.8. The normalized spacial score (nSPS) is 9.96. The Morgan fingerprint density at radius 3 is 1.33 bits per heavy atom. The summed E-state index contributed by atoms with van der Waals surface area (Å²) in [5.41, 5.74) is 25.4. The SMILES string of the molecule is Cc1cc(N)ccc1-c1ccc(N)cc1C.Cc1ccccc1N. The van der Waals surface area contributed by atoms with Gasteiger partial charge in [-0.25, -0.2) is 0 Å². The largest absolute Gasteiger partial charge is 0.399 e. The number of nitrogens with two attached hydrogens (primary N) is 3. The Bertz CT molecular complexity index is 768. The third-order valence-corrected chi connectivity index (χ3v) is 3.98. The van der Waals surface area contributed by atoms with E-state index in [1.165, 1.54) is 22.3 Å². The molecule has 0 fully saturated rings. The quantitative estimate of drug-likeness (QED) is 0.568. The van der Waals surface area contributed by atoms with Gasteiger partial charge in [-0.2, -0.15) is 0 Å². The van der Waals surface area contributed by atoms with E-state index in [0.717, 1.165) is 22.6 Å². The van der Waals surface area contributed by atoms with Crippen LogP contribution in [0.1, 0.15) is 16.7 Å². The van der Waals surface area contributed by atoms with Crippen molar-refractivity contribution in [1.82, 2.24) is 0 Å². The second kappa shape index (κ2) is 7.55. The molecule has 3 aromatic rings. The second-order valence-electron chi connectivity index (χ2n) is 6.01. The zero-order valence-electron chi connectivity index (χ0n) is 14.5. The molecule has 0 saturated heterocycles. The molecule has 3 aromatic carbocycles. The molecule has 0 heterocycles. The van der Waals surface area contributed by atoms with Crippen molar-refractivity contribution in [2.75, 3.05) is 17.2 Å². The average Bonchev–Trinajstić information content (AvgIpc) is 2.52.